The second-order valence-electron chi connectivity index (χ2n) is 6.01. The molecule has 7 N–H and O–H groups in total. The highest BCUT2D eigenvalue weighted by atomic mass is 16.3. The fourth-order valence-electron chi connectivity index (χ4n) is 2.39. The Labute approximate surface area is 149 Å². The standard InChI is InChI=1S/C18H30N4O3/c19-10-5-4-9-15(20)17(24)22-16(18(25)21-11-6-12-23)13-14-7-2-1-3-8-14/h1-3,7-8,15-16,23H,4-6,9-13,19-20H2,(H,21,25)(H,22,24)/t15-,16-/m0/s1. The molecule has 0 spiro atoms. The van der Waals surface area contributed by atoms with Crippen LogP contribution in [0.2, 0.25) is 0 Å². The van der Waals surface area contributed by atoms with E-state index in [0.29, 0.717) is 32.4 Å². The minimum absolute atomic E-state index is 0.00199. The summed E-state index contributed by atoms with van der Waals surface area (Å²) >= 11 is 0. The number of nitrogens with two attached hydrogens (primary N) is 2. The Kier molecular flexibility index (Phi) is 10.5. The lowest BCUT2D eigenvalue weighted by Crippen LogP contribution is -2.52. The number of carbonyl (C=O) groups excluding carboxylic acids is 2. The first-order chi connectivity index (χ1) is 12.1. The van der Waals surface area contributed by atoms with Crippen LogP contribution in [-0.2, 0) is 16.0 Å². The number of amides is 2. The van der Waals surface area contributed by atoms with E-state index in [1.165, 1.54) is 0 Å². The molecular formula is C18H30N4O3. The van der Waals surface area contributed by atoms with Crippen LogP contribution in [-0.4, -0.2) is 48.7 Å². The van der Waals surface area contributed by atoms with Crippen molar-refractivity contribution < 1.29 is 14.7 Å². The molecule has 140 valence electrons. The van der Waals surface area contributed by atoms with Crippen molar-refractivity contribution in [3.8, 4) is 0 Å². The number of hydrogen-bond donors (Lipinski definition) is 5. The highest BCUT2D eigenvalue weighted by Gasteiger charge is 2.23. The first kappa shape index (κ1) is 21.1. The highest BCUT2D eigenvalue weighted by Crippen LogP contribution is 2.05. The summed E-state index contributed by atoms with van der Waals surface area (Å²) in [7, 11) is 0. The number of rotatable bonds is 12. The largest absolute Gasteiger partial charge is 0.396 e. The number of hydrogen-bond acceptors (Lipinski definition) is 5. The minimum Gasteiger partial charge on any atom is -0.396 e. The van der Waals surface area contributed by atoms with Crippen LogP contribution < -0.4 is 22.1 Å². The molecule has 1 aromatic rings. The van der Waals surface area contributed by atoms with Crippen molar-refractivity contribution in [2.75, 3.05) is 19.7 Å². The molecule has 7 nitrogen and oxygen atoms in total. The lowest BCUT2D eigenvalue weighted by molar-refractivity contribution is -0.129. The van der Waals surface area contributed by atoms with E-state index < -0.39 is 12.1 Å². The number of aliphatic hydroxyl groups is 1. The van der Waals surface area contributed by atoms with Crippen molar-refractivity contribution in [3.05, 3.63) is 35.9 Å². The van der Waals surface area contributed by atoms with Gasteiger partial charge < -0.3 is 27.2 Å². The van der Waals surface area contributed by atoms with Crippen LogP contribution in [0.1, 0.15) is 31.2 Å². The first-order valence-corrected chi connectivity index (χ1v) is 8.77. The lowest BCUT2D eigenvalue weighted by atomic mass is 10.0. The van der Waals surface area contributed by atoms with Gasteiger partial charge in [-0.3, -0.25) is 9.59 Å². The maximum Gasteiger partial charge on any atom is 0.242 e. The van der Waals surface area contributed by atoms with Crippen molar-refractivity contribution >= 4 is 11.8 Å². The van der Waals surface area contributed by atoms with Gasteiger partial charge in [-0.2, -0.15) is 0 Å². The Bertz CT molecular complexity index is 510. The van der Waals surface area contributed by atoms with Crippen molar-refractivity contribution in [2.24, 2.45) is 11.5 Å². The summed E-state index contributed by atoms with van der Waals surface area (Å²) < 4.78 is 0. The van der Waals surface area contributed by atoms with Crippen LogP contribution in [0, 0.1) is 0 Å². The van der Waals surface area contributed by atoms with Crippen LogP contribution >= 0.6 is 0 Å². The SMILES string of the molecule is NCCCC[C@H](N)C(=O)N[C@@H](Cc1ccccc1)C(=O)NCCCO. The molecule has 0 radical (unpaired) electrons. The fourth-order valence-corrected chi connectivity index (χ4v) is 2.39. The third-order valence-electron chi connectivity index (χ3n) is 3.86. The van der Waals surface area contributed by atoms with Gasteiger partial charge in [-0.15, -0.1) is 0 Å². The van der Waals surface area contributed by atoms with Crippen molar-refractivity contribution in [2.45, 2.75) is 44.2 Å². The molecule has 0 heterocycles. The zero-order valence-corrected chi connectivity index (χ0v) is 14.6. The first-order valence-electron chi connectivity index (χ1n) is 8.77. The number of unbranched alkanes of at least 4 members (excludes halogenated alkanes) is 1. The number of nitrogens with one attached hydrogen (secondary N) is 2. The molecular weight excluding hydrogens is 320 g/mol. The molecule has 2 atom stereocenters. The number of aliphatic hydroxyl groups excluding tert-OH is 1. The molecule has 25 heavy (non-hydrogen) atoms. The van der Waals surface area contributed by atoms with Gasteiger partial charge in [0.25, 0.3) is 0 Å². The normalized spacial score (nSPS) is 13.1. The molecule has 0 aromatic heterocycles. The Hall–Kier alpha value is -1.96. The molecule has 0 aliphatic rings. The molecule has 0 saturated carbocycles. The van der Waals surface area contributed by atoms with Gasteiger partial charge in [-0.05, 0) is 31.4 Å². The second kappa shape index (κ2) is 12.4. The molecule has 0 aliphatic heterocycles. The van der Waals surface area contributed by atoms with Crippen LogP contribution in [0.15, 0.2) is 30.3 Å². The van der Waals surface area contributed by atoms with Crippen LogP contribution in [0.3, 0.4) is 0 Å². The van der Waals surface area contributed by atoms with Gasteiger partial charge in [-0.1, -0.05) is 36.8 Å². The lowest BCUT2D eigenvalue weighted by Gasteiger charge is -2.21. The van der Waals surface area contributed by atoms with Crippen molar-refractivity contribution in [3.63, 3.8) is 0 Å². The Morgan fingerprint density at radius 2 is 1.80 bits per heavy atom. The van der Waals surface area contributed by atoms with E-state index in [4.69, 9.17) is 16.6 Å². The van der Waals surface area contributed by atoms with E-state index in [1.54, 1.807) is 0 Å². The summed E-state index contributed by atoms with van der Waals surface area (Å²) in [5, 5.41) is 14.3. The molecule has 0 bridgehead atoms. The second-order valence-corrected chi connectivity index (χ2v) is 6.01. The third-order valence-corrected chi connectivity index (χ3v) is 3.86. The molecule has 2 amide bonds. The van der Waals surface area contributed by atoms with Crippen LogP contribution in [0.4, 0.5) is 0 Å². The van der Waals surface area contributed by atoms with E-state index in [2.05, 4.69) is 10.6 Å². The van der Waals surface area contributed by atoms with E-state index in [0.717, 1.165) is 18.4 Å². The summed E-state index contributed by atoms with van der Waals surface area (Å²) in [6.45, 7) is 0.930. The van der Waals surface area contributed by atoms with E-state index in [1.807, 2.05) is 30.3 Å². The number of carbonyl (C=O) groups is 2. The summed E-state index contributed by atoms with van der Waals surface area (Å²) in [5.41, 5.74) is 12.3. The van der Waals surface area contributed by atoms with Gasteiger partial charge in [0.15, 0.2) is 0 Å². The van der Waals surface area contributed by atoms with Crippen molar-refractivity contribution in [1.82, 2.24) is 10.6 Å². The maximum atomic E-state index is 12.4. The molecule has 0 aliphatic carbocycles. The summed E-state index contributed by atoms with van der Waals surface area (Å²) in [4.78, 5) is 24.7. The summed E-state index contributed by atoms with van der Waals surface area (Å²) in [6.07, 6.45) is 2.98. The Morgan fingerprint density at radius 1 is 1.08 bits per heavy atom. The smallest absolute Gasteiger partial charge is 0.242 e. The highest BCUT2D eigenvalue weighted by molar-refractivity contribution is 5.89. The van der Waals surface area contributed by atoms with E-state index in [9.17, 15) is 9.59 Å². The predicted molar refractivity (Wildman–Crippen MR) is 97.7 cm³/mol. The third kappa shape index (κ3) is 8.62. The molecule has 1 rings (SSSR count). The fraction of sp³-hybridized carbons (Fsp3) is 0.556. The predicted octanol–water partition coefficient (Wildman–Crippen LogP) is -0.331. The summed E-state index contributed by atoms with van der Waals surface area (Å²) in [5.74, 6) is -0.616. The minimum atomic E-state index is -0.700. The zero-order valence-electron chi connectivity index (χ0n) is 14.6. The van der Waals surface area contributed by atoms with E-state index in [-0.39, 0.29) is 18.4 Å². The molecule has 7 heteroatoms. The van der Waals surface area contributed by atoms with Gasteiger partial charge in [-0.25, -0.2) is 0 Å². The summed E-state index contributed by atoms with van der Waals surface area (Å²) in [6, 6.07) is 8.12. The van der Waals surface area contributed by atoms with Gasteiger partial charge in [0.1, 0.15) is 6.04 Å². The molecule has 0 saturated heterocycles. The topological polar surface area (TPSA) is 130 Å². The Balaban J connectivity index is 2.65. The average molecular weight is 350 g/mol. The zero-order chi connectivity index (χ0) is 18.5. The van der Waals surface area contributed by atoms with Crippen LogP contribution in [0.5, 0.6) is 0 Å². The van der Waals surface area contributed by atoms with Crippen LogP contribution in [0.25, 0.3) is 0 Å². The molecule has 0 fully saturated rings. The molecule has 1 aromatic carbocycles. The number of benzene rings is 1. The van der Waals surface area contributed by atoms with Gasteiger partial charge in [0.2, 0.25) is 11.8 Å². The van der Waals surface area contributed by atoms with Gasteiger partial charge in [0.05, 0.1) is 6.04 Å². The van der Waals surface area contributed by atoms with Crippen molar-refractivity contribution in [1.29, 1.82) is 0 Å². The van der Waals surface area contributed by atoms with Gasteiger partial charge in [0, 0.05) is 19.6 Å². The maximum absolute atomic E-state index is 12.4. The molecule has 0 unspecified atom stereocenters. The quantitative estimate of drug-likeness (QED) is 0.330. The Morgan fingerprint density at radius 3 is 2.44 bits per heavy atom. The van der Waals surface area contributed by atoms with E-state index >= 15 is 0 Å². The monoisotopic (exact) mass is 350 g/mol. The average Bonchev–Trinajstić information content (AvgIpc) is 2.62. The van der Waals surface area contributed by atoms with Gasteiger partial charge >= 0.3 is 0 Å².